The van der Waals surface area contributed by atoms with E-state index in [2.05, 4.69) is 29.4 Å². The SMILES string of the molecule is CCCc1ccc(N=C2NC(=O)/C(=C\c3ccc(OCC)c(OC)c3)S2)cc1. The van der Waals surface area contributed by atoms with E-state index in [-0.39, 0.29) is 5.91 Å². The number of nitrogens with zero attached hydrogens (tertiary/aromatic N) is 1. The van der Waals surface area contributed by atoms with Crippen molar-refractivity contribution >= 4 is 34.6 Å². The van der Waals surface area contributed by atoms with Gasteiger partial charge in [-0.2, -0.15) is 0 Å². The lowest BCUT2D eigenvalue weighted by Gasteiger charge is -2.09. The quantitative estimate of drug-likeness (QED) is 0.674. The van der Waals surface area contributed by atoms with Crippen LogP contribution in [0.4, 0.5) is 5.69 Å². The summed E-state index contributed by atoms with van der Waals surface area (Å²) in [6.45, 7) is 4.65. The van der Waals surface area contributed by atoms with Crippen molar-refractivity contribution in [2.24, 2.45) is 4.99 Å². The second-order valence-electron chi connectivity index (χ2n) is 6.24. The summed E-state index contributed by atoms with van der Waals surface area (Å²) < 4.78 is 10.9. The van der Waals surface area contributed by atoms with Crippen molar-refractivity contribution < 1.29 is 14.3 Å². The number of aryl methyl sites for hydroxylation is 1. The van der Waals surface area contributed by atoms with Crippen molar-refractivity contribution in [3.63, 3.8) is 0 Å². The summed E-state index contributed by atoms with van der Waals surface area (Å²) in [5.74, 6) is 1.17. The summed E-state index contributed by atoms with van der Waals surface area (Å²) in [7, 11) is 1.60. The number of aliphatic imine (C=N–C) groups is 1. The van der Waals surface area contributed by atoms with Gasteiger partial charge in [-0.15, -0.1) is 0 Å². The van der Waals surface area contributed by atoms with Crippen molar-refractivity contribution in [1.82, 2.24) is 5.32 Å². The van der Waals surface area contributed by atoms with Gasteiger partial charge in [0.15, 0.2) is 16.7 Å². The summed E-state index contributed by atoms with van der Waals surface area (Å²) in [6.07, 6.45) is 4.00. The van der Waals surface area contributed by atoms with E-state index < -0.39 is 0 Å². The number of nitrogens with one attached hydrogen (secondary N) is 1. The molecule has 0 saturated carbocycles. The fourth-order valence-corrected chi connectivity index (χ4v) is 3.67. The fourth-order valence-electron chi connectivity index (χ4n) is 2.82. The smallest absolute Gasteiger partial charge is 0.264 e. The third-order valence-corrected chi connectivity index (χ3v) is 5.05. The van der Waals surface area contributed by atoms with Gasteiger partial charge in [-0.1, -0.05) is 31.5 Å². The van der Waals surface area contributed by atoms with Gasteiger partial charge in [0, 0.05) is 0 Å². The highest BCUT2D eigenvalue weighted by Crippen LogP contribution is 2.32. The number of amidine groups is 1. The monoisotopic (exact) mass is 396 g/mol. The summed E-state index contributed by atoms with van der Waals surface area (Å²) in [4.78, 5) is 17.4. The maximum absolute atomic E-state index is 12.3. The van der Waals surface area contributed by atoms with E-state index in [0.717, 1.165) is 24.1 Å². The molecule has 3 rings (SSSR count). The Bertz CT molecular complexity index is 904. The first-order valence-corrected chi connectivity index (χ1v) is 10.1. The van der Waals surface area contributed by atoms with Crippen LogP contribution in [0, 0.1) is 0 Å². The lowest BCUT2D eigenvalue weighted by molar-refractivity contribution is -0.115. The standard InChI is InChI=1S/C22H24N2O3S/c1-4-6-15-7-10-17(11-8-15)23-22-24-21(25)20(28-22)14-16-9-12-18(27-5-2)19(13-16)26-3/h7-14H,4-6H2,1-3H3,(H,23,24,25)/b20-14+. The average molecular weight is 397 g/mol. The molecule has 0 bridgehead atoms. The molecular formula is C22H24N2O3S. The molecule has 1 heterocycles. The van der Waals surface area contributed by atoms with Gasteiger partial charge in [-0.05, 0) is 66.6 Å². The number of hydrogen-bond donors (Lipinski definition) is 1. The molecule has 2 aromatic carbocycles. The summed E-state index contributed by atoms with van der Waals surface area (Å²) in [5.41, 5.74) is 2.98. The Hall–Kier alpha value is -2.73. The number of thioether (sulfide) groups is 1. The normalized spacial score (nSPS) is 16.5. The van der Waals surface area contributed by atoms with Gasteiger partial charge in [0.1, 0.15) is 0 Å². The van der Waals surface area contributed by atoms with Crippen LogP contribution in [0.1, 0.15) is 31.4 Å². The Morgan fingerprint density at radius 1 is 1.11 bits per heavy atom. The predicted molar refractivity (Wildman–Crippen MR) is 115 cm³/mol. The molecule has 6 heteroatoms. The van der Waals surface area contributed by atoms with E-state index in [1.807, 2.05) is 43.3 Å². The molecule has 1 N–H and O–H groups in total. The molecule has 0 aromatic heterocycles. The van der Waals surface area contributed by atoms with Crippen molar-refractivity contribution in [2.75, 3.05) is 13.7 Å². The molecule has 0 atom stereocenters. The van der Waals surface area contributed by atoms with Gasteiger partial charge in [0.2, 0.25) is 0 Å². The van der Waals surface area contributed by atoms with Crippen LogP contribution < -0.4 is 14.8 Å². The molecule has 0 radical (unpaired) electrons. The summed E-state index contributed by atoms with van der Waals surface area (Å²) in [6, 6.07) is 13.7. The summed E-state index contributed by atoms with van der Waals surface area (Å²) >= 11 is 1.33. The van der Waals surface area contributed by atoms with Gasteiger partial charge >= 0.3 is 0 Å². The zero-order valence-electron chi connectivity index (χ0n) is 16.3. The number of hydrogen-bond acceptors (Lipinski definition) is 5. The van der Waals surface area contributed by atoms with Crippen LogP contribution in [0.3, 0.4) is 0 Å². The number of amides is 1. The van der Waals surface area contributed by atoms with E-state index in [9.17, 15) is 4.79 Å². The number of benzene rings is 2. The van der Waals surface area contributed by atoms with Crippen LogP contribution in [0.25, 0.3) is 6.08 Å². The van der Waals surface area contributed by atoms with Gasteiger partial charge in [-0.3, -0.25) is 4.79 Å². The van der Waals surface area contributed by atoms with E-state index in [0.29, 0.717) is 28.2 Å². The Kier molecular flexibility index (Phi) is 6.76. The average Bonchev–Trinajstić information content (AvgIpc) is 3.03. The number of carbonyl (C=O) groups excluding carboxylic acids is 1. The molecule has 1 saturated heterocycles. The molecule has 1 fully saturated rings. The highest BCUT2D eigenvalue weighted by Gasteiger charge is 2.24. The van der Waals surface area contributed by atoms with Crippen molar-refractivity contribution in [3.8, 4) is 11.5 Å². The molecule has 28 heavy (non-hydrogen) atoms. The first kappa shape index (κ1) is 20.0. The van der Waals surface area contributed by atoms with E-state index in [4.69, 9.17) is 9.47 Å². The Morgan fingerprint density at radius 2 is 1.89 bits per heavy atom. The van der Waals surface area contributed by atoms with Crippen LogP contribution in [0.15, 0.2) is 52.4 Å². The highest BCUT2D eigenvalue weighted by molar-refractivity contribution is 8.18. The molecule has 0 unspecified atom stereocenters. The van der Waals surface area contributed by atoms with E-state index in [1.165, 1.54) is 17.3 Å². The Balaban J connectivity index is 1.76. The van der Waals surface area contributed by atoms with E-state index in [1.54, 1.807) is 7.11 Å². The molecule has 0 aliphatic carbocycles. The summed E-state index contributed by atoms with van der Waals surface area (Å²) in [5, 5.41) is 3.40. The Morgan fingerprint density at radius 3 is 2.57 bits per heavy atom. The van der Waals surface area contributed by atoms with E-state index >= 15 is 0 Å². The van der Waals surface area contributed by atoms with Crippen LogP contribution in [-0.4, -0.2) is 24.8 Å². The third-order valence-electron chi connectivity index (χ3n) is 4.14. The van der Waals surface area contributed by atoms with Crippen molar-refractivity contribution in [3.05, 3.63) is 58.5 Å². The molecule has 5 nitrogen and oxygen atoms in total. The van der Waals surface area contributed by atoms with Crippen molar-refractivity contribution in [1.29, 1.82) is 0 Å². The minimum absolute atomic E-state index is 0.154. The van der Waals surface area contributed by atoms with Gasteiger partial charge < -0.3 is 14.8 Å². The Labute approximate surface area is 169 Å². The number of ether oxygens (including phenoxy) is 2. The van der Waals surface area contributed by atoms with Crippen molar-refractivity contribution in [2.45, 2.75) is 26.7 Å². The minimum atomic E-state index is -0.154. The zero-order chi connectivity index (χ0) is 19.9. The third kappa shape index (κ3) is 4.95. The molecule has 1 aliphatic rings. The molecule has 1 amide bonds. The predicted octanol–water partition coefficient (Wildman–Crippen LogP) is 4.94. The first-order valence-electron chi connectivity index (χ1n) is 9.32. The number of carbonyl (C=O) groups is 1. The minimum Gasteiger partial charge on any atom is -0.493 e. The molecule has 1 aliphatic heterocycles. The lowest BCUT2D eigenvalue weighted by atomic mass is 10.1. The van der Waals surface area contributed by atoms with Crippen LogP contribution in [-0.2, 0) is 11.2 Å². The van der Waals surface area contributed by atoms with Crippen LogP contribution >= 0.6 is 11.8 Å². The highest BCUT2D eigenvalue weighted by atomic mass is 32.2. The molecule has 2 aromatic rings. The topological polar surface area (TPSA) is 59.9 Å². The second kappa shape index (κ2) is 9.46. The maximum Gasteiger partial charge on any atom is 0.264 e. The van der Waals surface area contributed by atoms with Crippen LogP contribution in [0.2, 0.25) is 0 Å². The molecule has 0 spiro atoms. The van der Waals surface area contributed by atoms with Gasteiger partial charge in [0.25, 0.3) is 5.91 Å². The molecular weight excluding hydrogens is 372 g/mol. The largest absolute Gasteiger partial charge is 0.493 e. The van der Waals surface area contributed by atoms with Gasteiger partial charge in [0.05, 0.1) is 24.3 Å². The van der Waals surface area contributed by atoms with Crippen LogP contribution in [0.5, 0.6) is 11.5 Å². The first-order chi connectivity index (χ1) is 13.6. The molecule has 146 valence electrons. The maximum atomic E-state index is 12.3. The fraction of sp³-hybridized carbons (Fsp3) is 0.273. The number of rotatable bonds is 7. The number of methoxy groups -OCH3 is 1. The lowest BCUT2D eigenvalue weighted by Crippen LogP contribution is -2.19. The zero-order valence-corrected chi connectivity index (χ0v) is 17.1. The van der Waals surface area contributed by atoms with Gasteiger partial charge in [-0.25, -0.2) is 4.99 Å². The second-order valence-corrected chi connectivity index (χ2v) is 7.27.